The third-order valence-electron chi connectivity index (χ3n) is 5.56. The molecule has 6 nitrogen and oxygen atoms in total. The van der Waals surface area contributed by atoms with E-state index in [2.05, 4.69) is 29.0 Å². The lowest BCUT2D eigenvalue weighted by atomic mass is 10.1. The van der Waals surface area contributed by atoms with E-state index in [0.29, 0.717) is 16.7 Å². The summed E-state index contributed by atoms with van der Waals surface area (Å²) in [6.45, 7) is 8.46. The predicted molar refractivity (Wildman–Crippen MR) is 133 cm³/mol. The molecule has 32 heavy (non-hydrogen) atoms. The second-order valence-corrected chi connectivity index (χ2v) is 9.33. The molecule has 2 atom stereocenters. The minimum atomic E-state index is 0.0471. The first-order valence-corrected chi connectivity index (χ1v) is 12.5. The molecule has 2 aromatic heterocycles. The normalized spacial score (nSPS) is 18.3. The van der Waals surface area contributed by atoms with E-state index in [9.17, 15) is 0 Å². The maximum absolute atomic E-state index is 6.49. The van der Waals surface area contributed by atoms with Gasteiger partial charge in [-0.1, -0.05) is 37.0 Å². The van der Waals surface area contributed by atoms with Gasteiger partial charge in [0.15, 0.2) is 5.13 Å². The van der Waals surface area contributed by atoms with Crippen molar-refractivity contribution in [3.8, 4) is 11.3 Å². The molecule has 1 fully saturated rings. The minimum Gasteiger partial charge on any atom is -0.374 e. The Balaban J connectivity index is 1.65. The first kappa shape index (κ1) is 23.2. The van der Waals surface area contributed by atoms with Gasteiger partial charge in [0.2, 0.25) is 0 Å². The van der Waals surface area contributed by atoms with E-state index >= 15 is 0 Å². The van der Waals surface area contributed by atoms with Gasteiger partial charge in [0.1, 0.15) is 5.82 Å². The molecule has 4 rings (SSSR count). The van der Waals surface area contributed by atoms with Crippen molar-refractivity contribution < 1.29 is 4.74 Å². The molecule has 9 heteroatoms. The van der Waals surface area contributed by atoms with Crippen molar-refractivity contribution in [3.63, 3.8) is 0 Å². The highest BCUT2D eigenvalue weighted by molar-refractivity contribution is 7.13. The van der Waals surface area contributed by atoms with Crippen molar-refractivity contribution in [1.82, 2.24) is 15.0 Å². The minimum absolute atomic E-state index is 0.0471. The summed E-state index contributed by atoms with van der Waals surface area (Å²) in [4.78, 5) is 16.7. The van der Waals surface area contributed by atoms with E-state index in [1.54, 1.807) is 17.4 Å². The predicted octanol–water partition coefficient (Wildman–Crippen LogP) is 5.74. The van der Waals surface area contributed by atoms with E-state index in [-0.39, 0.29) is 12.1 Å². The summed E-state index contributed by atoms with van der Waals surface area (Å²) < 4.78 is 6.06. The van der Waals surface area contributed by atoms with Crippen LogP contribution in [-0.2, 0) is 17.6 Å². The van der Waals surface area contributed by atoms with Crippen LogP contribution in [0.3, 0.4) is 0 Å². The Morgan fingerprint density at radius 3 is 2.59 bits per heavy atom. The average molecular weight is 492 g/mol. The molecule has 3 aromatic rings. The van der Waals surface area contributed by atoms with Crippen molar-refractivity contribution in [1.29, 1.82) is 0 Å². The molecule has 0 spiro atoms. The van der Waals surface area contributed by atoms with Gasteiger partial charge in [0, 0.05) is 41.9 Å². The summed E-state index contributed by atoms with van der Waals surface area (Å²) >= 11 is 14.2. The second-order valence-electron chi connectivity index (χ2n) is 7.61. The van der Waals surface area contributed by atoms with E-state index in [1.807, 2.05) is 30.6 Å². The number of hydrogen-bond acceptors (Lipinski definition) is 7. The standard InChI is InChI=1S/C23H27Cl2N5OS/c1-4-17-21(15-8-7-14(24)11-16(15)25)27-18(5-2)22(28-17)29-19-12-30(13-20(19)31-6-3)23-26-9-10-32-23/h7-11,19-20H,4-6,12-13H2,1-3H3,(H,28,29)/t19-,20+/m1/s1. The Morgan fingerprint density at radius 2 is 1.94 bits per heavy atom. The van der Waals surface area contributed by atoms with Crippen LogP contribution in [-0.4, -0.2) is 46.8 Å². The van der Waals surface area contributed by atoms with Crippen molar-refractivity contribution in [2.75, 3.05) is 29.9 Å². The summed E-state index contributed by atoms with van der Waals surface area (Å²) in [6.07, 6.45) is 3.38. The van der Waals surface area contributed by atoms with E-state index in [0.717, 1.165) is 59.5 Å². The molecule has 1 aliphatic heterocycles. The monoisotopic (exact) mass is 491 g/mol. The maximum atomic E-state index is 6.49. The Labute approximate surface area is 203 Å². The topological polar surface area (TPSA) is 63.2 Å². The number of hydrogen-bond donors (Lipinski definition) is 1. The molecule has 1 aromatic carbocycles. The van der Waals surface area contributed by atoms with Crippen LogP contribution in [0.4, 0.5) is 10.9 Å². The highest BCUT2D eigenvalue weighted by Crippen LogP contribution is 2.33. The lowest BCUT2D eigenvalue weighted by Gasteiger charge is -2.22. The third kappa shape index (κ3) is 4.86. The van der Waals surface area contributed by atoms with Gasteiger partial charge in [0.25, 0.3) is 0 Å². The summed E-state index contributed by atoms with van der Waals surface area (Å²) in [7, 11) is 0. The Hall–Kier alpha value is -1.93. The van der Waals surface area contributed by atoms with Crippen LogP contribution in [0.15, 0.2) is 29.8 Å². The molecule has 0 bridgehead atoms. The van der Waals surface area contributed by atoms with Gasteiger partial charge in [-0.25, -0.2) is 15.0 Å². The maximum Gasteiger partial charge on any atom is 0.185 e. The zero-order valence-corrected chi connectivity index (χ0v) is 20.8. The number of aryl methyl sites for hydroxylation is 2. The zero-order chi connectivity index (χ0) is 22.7. The number of halogens is 2. The molecule has 0 saturated carbocycles. The van der Waals surface area contributed by atoms with E-state index < -0.39 is 0 Å². The van der Waals surface area contributed by atoms with Gasteiger partial charge >= 0.3 is 0 Å². The summed E-state index contributed by atoms with van der Waals surface area (Å²) in [5.74, 6) is 0.814. The highest BCUT2D eigenvalue weighted by atomic mass is 35.5. The molecular formula is C23H27Cl2N5OS. The summed E-state index contributed by atoms with van der Waals surface area (Å²) in [5.41, 5.74) is 3.47. The number of rotatable bonds is 8. The number of benzene rings is 1. The van der Waals surface area contributed by atoms with Crippen LogP contribution in [0.1, 0.15) is 32.2 Å². The second kappa shape index (κ2) is 10.3. The molecule has 1 aliphatic rings. The lowest BCUT2D eigenvalue weighted by molar-refractivity contribution is 0.0719. The molecule has 0 unspecified atom stereocenters. The number of nitrogens with one attached hydrogen (secondary N) is 1. The van der Waals surface area contributed by atoms with Crippen LogP contribution >= 0.6 is 34.5 Å². The fraction of sp³-hybridized carbons (Fsp3) is 0.435. The number of ether oxygens (including phenoxy) is 1. The molecule has 0 radical (unpaired) electrons. The molecule has 170 valence electrons. The molecule has 3 heterocycles. The molecule has 1 N–H and O–H groups in total. The fourth-order valence-corrected chi connectivity index (χ4v) is 5.17. The highest BCUT2D eigenvalue weighted by Gasteiger charge is 2.35. The number of thiazole rings is 1. The zero-order valence-electron chi connectivity index (χ0n) is 18.4. The van der Waals surface area contributed by atoms with Gasteiger partial charge in [0.05, 0.1) is 34.3 Å². The number of aromatic nitrogens is 3. The van der Waals surface area contributed by atoms with E-state index in [4.69, 9.17) is 37.9 Å². The first-order chi connectivity index (χ1) is 15.5. The summed E-state index contributed by atoms with van der Waals surface area (Å²) in [6, 6.07) is 5.58. The van der Waals surface area contributed by atoms with Crippen molar-refractivity contribution in [2.45, 2.75) is 45.8 Å². The van der Waals surface area contributed by atoms with Gasteiger partial charge in [-0.15, -0.1) is 11.3 Å². The van der Waals surface area contributed by atoms with Crippen molar-refractivity contribution in [3.05, 3.63) is 51.2 Å². The van der Waals surface area contributed by atoms with Crippen LogP contribution in [0.5, 0.6) is 0 Å². The van der Waals surface area contributed by atoms with Crippen LogP contribution < -0.4 is 10.2 Å². The average Bonchev–Trinajstić information content (AvgIpc) is 3.44. The van der Waals surface area contributed by atoms with Gasteiger partial charge < -0.3 is 15.0 Å². The molecule has 0 aliphatic carbocycles. The molecule has 0 amide bonds. The molecule has 1 saturated heterocycles. The van der Waals surface area contributed by atoms with Crippen molar-refractivity contribution >= 4 is 45.5 Å². The Morgan fingerprint density at radius 1 is 1.12 bits per heavy atom. The smallest absolute Gasteiger partial charge is 0.185 e. The van der Waals surface area contributed by atoms with Crippen LogP contribution in [0, 0.1) is 0 Å². The quantitative estimate of drug-likeness (QED) is 0.433. The lowest BCUT2D eigenvalue weighted by Crippen LogP contribution is -2.35. The van der Waals surface area contributed by atoms with Crippen LogP contribution in [0.25, 0.3) is 11.3 Å². The van der Waals surface area contributed by atoms with Crippen LogP contribution in [0.2, 0.25) is 10.0 Å². The number of nitrogens with zero attached hydrogens (tertiary/aromatic N) is 4. The third-order valence-corrected chi connectivity index (χ3v) is 6.94. The van der Waals surface area contributed by atoms with Gasteiger partial charge in [-0.3, -0.25) is 0 Å². The SMILES string of the molecule is CCO[C@H]1CN(c2nccs2)C[C@H]1Nc1nc(CC)c(-c2ccc(Cl)cc2Cl)nc1CC. The van der Waals surface area contributed by atoms with Crippen molar-refractivity contribution in [2.24, 2.45) is 0 Å². The first-order valence-electron chi connectivity index (χ1n) is 10.9. The van der Waals surface area contributed by atoms with Gasteiger partial charge in [-0.2, -0.15) is 0 Å². The molecular weight excluding hydrogens is 465 g/mol. The van der Waals surface area contributed by atoms with Gasteiger partial charge in [-0.05, 0) is 38.0 Å². The Kier molecular flexibility index (Phi) is 7.51. The summed E-state index contributed by atoms with van der Waals surface area (Å²) in [5, 5.41) is 7.85. The Bertz CT molecular complexity index is 1060. The fourth-order valence-electron chi connectivity index (χ4n) is 4.01. The number of anilines is 2. The van der Waals surface area contributed by atoms with E-state index in [1.165, 1.54) is 0 Å². The largest absolute Gasteiger partial charge is 0.374 e.